The van der Waals surface area contributed by atoms with Gasteiger partial charge in [0.1, 0.15) is 0 Å². The van der Waals surface area contributed by atoms with Gasteiger partial charge < -0.3 is 10.6 Å². The van der Waals surface area contributed by atoms with Crippen molar-refractivity contribution in [2.45, 2.75) is 57.2 Å². The first kappa shape index (κ1) is 17.6. The highest BCUT2D eigenvalue weighted by molar-refractivity contribution is 7.99. The van der Waals surface area contributed by atoms with Crippen LogP contribution in [0.5, 0.6) is 0 Å². The van der Waals surface area contributed by atoms with E-state index in [4.69, 9.17) is 4.99 Å². The van der Waals surface area contributed by atoms with Crippen LogP contribution in [-0.4, -0.2) is 41.6 Å². The molecular formula is C16H28N4S2. The van der Waals surface area contributed by atoms with Gasteiger partial charge in [-0.05, 0) is 38.9 Å². The van der Waals surface area contributed by atoms with Gasteiger partial charge in [-0.3, -0.25) is 4.99 Å². The summed E-state index contributed by atoms with van der Waals surface area (Å²) in [4.78, 5) is 9.31. The summed E-state index contributed by atoms with van der Waals surface area (Å²) in [5.41, 5.74) is 1.17. The monoisotopic (exact) mass is 340 g/mol. The molecule has 1 aliphatic carbocycles. The van der Waals surface area contributed by atoms with Crippen molar-refractivity contribution in [3.63, 3.8) is 0 Å². The van der Waals surface area contributed by atoms with Crippen LogP contribution in [0.25, 0.3) is 0 Å². The van der Waals surface area contributed by atoms with E-state index in [1.165, 1.54) is 30.0 Å². The average molecular weight is 341 g/mol. The molecule has 1 aliphatic rings. The van der Waals surface area contributed by atoms with Crippen LogP contribution in [0.15, 0.2) is 10.4 Å². The lowest BCUT2D eigenvalue weighted by molar-refractivity contribution is 0.615. The van der Waals surface area contributed by atoms with Crippen molar-refractivity contribution >= 4 is 29.1 Å². The fraction of sp³-hybridized carbons (Fsp3) is 0.750. The predicted molar refractivity (Wildman–Crippen MR) is 99.3 cm³/mol. The predicted octanol–water partition coefficient (Wildman–Crippen LogP) is 3.09. The molecule has 0 aromatic carbocycles. The van der Waals surface area contributed by atoms with Crippen LogP contribution < -0.4 is 10.6 Å². The van der Waals surface area contributed by atoms with E-state index in [1.807, 2.05) is 11.8 Å². The minimum Gasteiger partial charge on any atom is -0.357 e. The molecule has 2 rings (SSSR count). The number of aryl methyl sites for hydroxylation is 1. The van der Waals surface area contributed by atoms with Crippen molar-refractivity contribution in [2.75, 3.05) is 19.3 Å². The van der Waals surface area contributed by atoms with Gasteiger partial charge in [-0.2, -0.15) is 11.8 Å². The fourth-order valence-corrected chi connectivity index (χ4v) is 4.28. The number of hydrogen-bond acceptors (Lipinski definition) is 4. The molecule has 2 atom stereocenters. The van der Waals surface area contributed by atoms with Crippen LogP contribution in [0.1, 0.15) is 43.8 Å². The van der Waals surface area contributed by atoms with Crippen LogP contribution in [-0.2, 0) is 12.8 Å². The van der Waals surface area contributed by atoms with Gasteiger partial charge >= 0.3 is 0 Å². The van der Waals surface area contributed by atoms with Crippen LogP contribution in [0.3, 0.4) is 0 Å². The molecule has 1 aromatic heterocycles. The van der Waals surface area contributed by atoms with Crippen molar-refractivity contribution < 1.29 is 0 Å². The Balaban J connectivity index is 1.81. The Labute approximate surface area is 142 Å². The molecule has 1 heterocycles. The molecule has 0 amide bonds. The maximum Gasteiger partial charge on any atom is 0.191 e. The van der Waals surface area contributed by atoms with E-state index in [9.17, 15) is 0 Å². The zero-order valence-corrected chi connectivity index (χ0v) is 15.5. The van der Waals surface area contributed by atoms with Crippen molar-refractivity contribution in [1.82, 2.24) is 15.6 Å². The minimum atomic E-state index is 0.571. The Kier molecular flexibility index (Phi) is 7.52. The molecule has 6 heteroatoms. The smallest absolute Gasteiger partial charge is 0.191 e. The molecule has 0 radical (unpaired) electrons. The zero-order valence-electron chi connectivity index (χ0n) is 13.9. The Morgan fingerprint density at radius 3 is 2.95 bits per heavy atom. The highest BCUT2D eigenvalue weighted by atomic mass is 32.2. The van der Waals surface area contributed by atoms with E-state index in [-0.39, 0.29) is 0 Å². The van der Waals surface area contributed by atoms with Crippen molar-refractivity contribution in [1.29, 1.82) is 0 Å². The second-order valence-electron chi connectivity index (χ2n) is 5.61. The molecule has 4 nitrogen and oxygen atoms in total. The molecule has 2 unspecified atom stereocenters. The van der Waals surface area contributed by atoms with Crippen LogP contribution in [0.4, 0.5) is 0 Å². The van der Waals surface area contributed by atoms with Crippen molar-refractivity contribution in [3.05, 3.63) is 16.1 Å². The third-order valence-electron chi connectivity index (χ3n) is 3.94. The second-order valence-corrected chi connectivity index (χ2v) is 7.69. The van der Waals surface area contributed by atoms with E-state index in [0.717, 1.165) is 37.1 Å². The van der Waals surface area contributed by atoms with Crippen molar-refractivity contribution in [2.24, 2.45) is 4.99 Å². The third kappa shape index (κ3) is 5.47. The van der Waals surface area contributed by atoms with Gasteiger partial charge in [0.05, 0.1) is 10.7 Å². The molecule has 2 N–H and O–H groups in total. The van der Waals surface area contributed by atoms with E-state index in [2.05, 4.69) is 41.1 Å². The summed E-state index contributed by atoms with van der Waals surface area (Å²) in [7, 11) is 0. The minimum absolute atomic E-state index is 0.571. The molecule has 124 valence electrons. The lowest BCUT2D eigenvalue weighted by atomic mass is 10.2. The van der Waals surface area contributed by atoms with E-state index in [0.29, 0.717) is 6.04 Å². The number of thiazole rings is 1. The number of nitrogens with one attached hydrogen (secondary N) is 2. The van der Waals surface area contributed by atoms with Crippen LogP contribution in [0, 0.1) is 0 Å². The maximum absolute atomic E-state index is 4.71. The Morgan fingerprint density at radius 1 is 1.45 bits per heavy atom. The summed E-state index contributed by atoms with van der Waals surface area (Å²) >= 11 is 3.74. The third-order valence-corrected chi connectivity index (χ3v) is 6.08. The first-order valence-electron chi connectivity index (χ1n) is 8.26. The lowest BCUT2D eigenvalue weighted by Gasteiger charge is -2.17. The fourth-order valence-electron chi connectivity index (χ4n) is 2.71. The zero-order chi connectivity index (χ0) is 15.8. The standard InChI is InChI=1S/C16H28N4S2/c1-4-15-19-13(11-22-15)8-9-18-16(17-5-2)20-12-6-7-14(10-12)21-3/h11-12,14H,4-10H2,1-3H3,(H2,17,18,20). The van der Waals surface area contributed by atoms with Gasteiger partial charge in [-0.25, -0.2) is 4.98 Å². The number of nitrogens with zero attached hydrogens (tertiary/aromatic N) is 2. The summed E-state index contributed by atoms with van der Waals surface area (Å²) < 4.78 is 0. The molecule has 1 fully saturated rings. The average Bonchev–Trinajstić information content (AvgIpc) is 3.16. The second kappa shape index (κ2) is 9.40. The first-order valence-corrected chi connectivity index (χ1v) is 10.4. The van der Waals surface area contributed by atoms with Crippen LogP contribution in [0.2, 0.25) is 0 Å². The topological polar surface area (TPSA) is 49.3 Å². The molecule has 0 bridgehead atoms. The van der Waals surface area contributed by atoms with Gasteiger partial charge in [0.2, 0.25) is 0 Å². The summed E-state index contributed by atoms with van der Waals surface area (Å²) in [5, 5.41) is 11.1. The number of aliphatic imine (C=N–C) groups is 1. The number of aromatic nitrogens is 1. The summed E-state index contributed by atoms with van der Waals surface area (Å²) in [5.74, 6) is 0.959. The molecule has 0 aliphatic heterocycles. The summed E-state index contributed by atoms with van der Waals surface area (Å²) in [6.45, 7) is 5.96. The number of guanidine groups is 1. The Morgan fingerprint density at radius 2 is 2.32 bits per heavy atom. The molecule has 22 heavy (non-hydrogen) atoms. The van der Waals surface area contributed by atoms with Crippen molar-refractivity contribution in [3.8, 4) is 0 Å². The van der Waals surface area contributed by atoms with Gasteiger partial charge in [-0.1, -0.05) is 6.92 Å². The highest BCUT2D eigenvalue weighted by Gasteiger charge is 2.24. The molecule has 0 spiro atoms. The van der Waals surface area contributed by atoms with Gasteiger partial charge in [0.15, 0.2) is 5.96 Å². The quantitative estimate of drug-likeness (QED) is 0.591. The number of rotatable bonds is 7. The SMILES string of the molecule is CCNC(=NCCc1csc(CC)n1)NC1CCC(SC)C1. The molecular weight excluding hydrogens is 312 g/mol. The Bertz CT molecular complexity index is 472. The first-order chi connectivity index (χ1) is 10.7. The van der Waals surface area contributed by atoms with E-state index >= 15 is 0 Å². The van der Waals surface area contributed by atoms with E-state index in [1.54, 1.807) is 11.3 Å². The van der Waals surface area contributed by atoms with Gasteiger partial charge in [0.25, 0.3) is 0 Å². The summed E-state index contributed by atoms with van der Waals surface area (Å²) in [6.07, 6.45) is 7.97. The largest absolute Gasteiger partial charge is 0.357 e. The van der Waals surface area contributed by atoms with Gasteiger partial charge in [-0.15, -0.1) is 11.3 Å². The number of thioether (sulfide) groups is 1. The maximum atomic E-state index is 4.71. The normalized spacial score (nSPS) is 22.0. The molecule has 1 aromatic rings. The Hall–Kier alpha value is -0.750. The summed E-state index contributed by atoms with van der Waals surface area (Å²) in [6, 6.07) is 0.571. The van der Waals surface area contributed by atoms with Crippen LogP contribution >= 0.6 is 23.1 Å². The van der Waals surface area contributed by atoms with Gasteiger partial charge in [0, 0.05) is 36.2 Å². The number of hydrogen-bond donors (Lipinski definition) is 2. The highest BCUT2D eigenvalue weighted by Crippen LogP contribution is 2.27. The van der Waals surface area contributed by atoms with E-state index < -0.39 is 0 Å². The molecule has 0 saturated heterocycles. The molecule has 1 saturated carbocycles. The lowest BCUT2D eigenvalue weighted by Crippen LogP contribution is -2.42.